The Hall–Kier alpha value is -3.73. The van der Waals surface area contributed by atoms with E-state index < -0.39 is 17.8 Å². The third kappa shape index (κ3) is 2.65. The maximum atomic E-state index is 12.7. The van der Waals surface area contributed by atoms with Crippen molar-refractivity contribution < 1.29 is 19.1 Å². The number of hydrogen-bond acceptors (Lipinski definition) is 4. The predicted octanol–water partition coefficient (Wildman–Crippen LogP) is 3.71. The smallest absolute Gasteiger partial charge is 0.343 e. The third-order valence-corrected chi connectivity index (χ3v) is 4.09. The lowest BCUT2D eigenvalue weighted by Crippen LogP contribution is -2.29. The molecule has 4 rings (SSSR count). The summed E-state index contributed by atoms with van der Waals surface area (Å²) < 4.78 is 5.28. The quantitative estimate of drug-likeness (QED) is 0.413. The molecule has 26 heavy (non-hydrogen) atoms. The van der Waals surface area contributed by atoms with Gasteiger partial charge in [0.2, 0.25) is 0 Å². The Morgan fingerprint density at radius 1 is 0.731 bits per heavy atom. The monoisotopic (exact) mass is 343 g/mol. The summed E-state index contributed by atoms with van der Waals surface area (Å²) in [6.45, 7) is 0. The highest BCUT2D eigenvalue weighted by atomic mass is 16.5. The molecule has 0 radical (unpaired) electrons. The minimum Gasteiger partial charge on any atom is -0.423 e. The van der Waals surface area contributed by atoms with E-state index >= 15 is 0 Å². The van der Waals surface area contributed by atoms with Crippen LogP contribution in [0.15, 0.2) is 78.9 Å². The average Bonchev–Trinajstić information content (AvgIpc) is 2.93. The Morgan fingerprint density at radius 3 is 2.04 bits per heavy atom. The van der Waals surface area contributed by atoms with Gasteiger partial charge in [0.1, 0.15) is 5.75 Å². The van der Waals surface area contributed by atoms with Gasteiger partial charge in [-0.05, 0) is 42.5 Å². The Bertz CT molecular complexity index is 1010. The number of imide groups is 1. The van der Waals surface area contributed by atoms with Crippen LogP contribution in [0.2, 0.25) is 0 Å². The van der Waals surface area contributed by atoms with Crippen LogP contribution < -0.4 is 9.64 Å². The van der Waals surface area contributed by atoms with Crippen molar-refractivity contribution in [2.45, 2.75) is 0 Å². The molecule has 1 aliphatic heterocycles. The summed E-state index contributed by atoms with van der Waals surface area (Å²) in [5.41, 5.74) is 1.17. The topological polar surface area (TPSA) is 63.7 Å². The van der Waals surface area contributed by atoms with Crippen molar-refractivity contribution >= 4 is 23.5 Å². The maximum absolute atomic E-state index is 12.7. The van der Waals surface area contributed by atoms with E-state index in [0.717, 1.165) is 4.90 Å². The molecule has 3 aromatic rings. The van der Waals surface area contributed by atoms with Crippen LogP contribution in [0.3, 0.4) is 0 Å². The molecular weight excluding hydrogens is 330 g/mol. The molecule has 0 saturated carbocycles. The van der Waals surface area contributed by atoms with E-state index in [1.165, 1.54) is 18.2 Å². The van der Waals surface area contributed by atoms with Crippen LogP contribution >= 0.6 is 0 Å². The molecule has 0 aliphatic carbocycles. The second-order valence-corrected chi connectivity index (χ2v) is 5.74. The van der Waals surface area contributed by atoms with Gasteiger partial charge in [-0.3, -0.25) is 9.59 Å². The lowest BCUT2D eigenvalue weighted by molar-refractivity contribution is 0.0734. The second-order valence-electron chi connectivity index (χ2n) is 5.74. The summed E-state index contributed by atoms with van der Waals surface area (Å²) in [7, 11) is 0. The van der Waals surface area contributed by atoms with Crippen LogP contribution in [0, 0.1) is 0 Å². The second kappa shape index (κ2) is 6.29. The highest BCUT2D eigenvalue weighted by molar-refractivity contribution is 6.34. The van der Waals surface area contributed by atoms with E-state index in [1.54, 1.807) is 54.6 Å². The molecule has 0 N–H and O–H groups in total. The molecule has 1 aliphatic rings. The molecule has 0 aromatic heterocycles. The summed E-state index contributed by atoms with van der Waals surface area (Å²) in [6, 6.07) is 21.7. The molecule has 0 saturated heterocycles. The highest BCUT2D eigenvalue weighted by Gasteiger charge is 2.37. The van der Waals surface area contributed by atoms with E-state index in [0.29, 0.717) is 11.4 Å². The SMILES string of the molecule is O=C(Oc1ccccc1)c1ccc2c(c1)C(=O)N(c1ccccc1)C2=O. The summed E-state index contributed by atoms with van der Waals surface area (Å²) in [4.78, 5) is 38.7. The van der Waals surface area contributed by atoms with Gasteiger partial charge < -0.3 is 4.74 Å². The van der Waals surface area contributed by atoms with Crippen molar-refractivity contribution in [3.8, 4) is 5.75 Å². The standard InChI is InChI=1S/C21H13NO4/c23-19-17-12-11-14(21(25)26-16-9-5-2-6-10-16)13-18(17)20(24)22(19)15-7-3-1-4-8-15/h1-13H. The summed E-state index contributed by atoms with van der Waals surface area (Å²) >= 11 is 0. The highest BCUT2D eigenvalue weighted by Crippen LogP contribution is 2.29. The average molecular weight is 343 g/mol. The zero-order valence-corrected chi connectivity index (χ0v) is 13.6. The van der Waals surface area contributed by atoms with Crippen LogP contribution in [0.25, 0.3) is 0 Å². The molecule has 1 heterocycles. The molecule has 5 nitrogen and oxygen atoms in total. The Balaban J connectivity index is 1.65. The van der Waals surface area contributed by atoms with E-state index in [2.05, 4.69) is 0 Å². The van der Waals surface area contributed by atoms with E-state index in [-0.39, 0.29) is 16.7 Å². The molecule has 2 amide bonds. The van der Waals surface area contributed by atoms with E-state index in [9.17, 15) is 14.4 Å². The number of carbonyl (C=O) groups excluding carboxylic acids is 3. The first-order valence-electron chi connectivity index (χ1n) is 8.00. The Labute approximate surface area is 149 Å². The number of anilines is 1. The first-order valence-corrected chi connectivity index (χ1v) is 8.00. The van der Waals surface area contributed by atoms with Crippen molar-refractivity contribution in [1.29, 1.82) is 0 Å². The number of carbonyl (C=O) groups is 3. The molecule has 3 aromatic carbocycles. The van der Waals surface area contributed by atoms with Gasteiger partial charge in [-0.2, -0.15) is 0 Å². The first-order chi connectivity index (χ1) is 12.6. The number of para-hydroxylation sites is 2. The van der Waals surface area contributed by atoms with Crippen molar-refractivity contribution in [2.24, 2.45) is 0 Å². The summed E-state index contributed by atoms with van der Waals surface area (Å²) in [6.07, 6.45) is 0. The van der Waals surface area contributed by atoms with Crippen molar-refractivity contribution in [3.05, 3.63) is 95.6 Å². The Kier molecular flexibility index (Phi) is 3.82. The number of hydrogen-bond donors (Lipinski definition) is 0. The van der Waals surface area contributed by atoms with Gasteiger partial charge in [0.25, 0.3) is 11.8 Å². The number of fused-ring (bicyclic) bond motifs is 1. The van der Waals surface area contributed by atoms with Crippen LogP contribution in [0.5, 0.6) is 5.75 Å². The fourth-order valence-electron chi connectivity index (χ4n) is 2.83. The fourth-order valence-corrected chi connectivity index (χ4v) is 2.83. The van der Waals surface area contributed by atoms with Gasteiger partial charge in [0.05, 0.1) is 22.4 Å². The van der Waals surface area contributed by atoms with Gasteiger partial charge in [0.15, 0.2) is 0 Å². The molecule has 5 heteroatoms. The molecule has 126 valence electrons. The normalized spacial score (nSPS) is 12.8. The molecule has 0 unspecified atom stereocenters. The van der Waals surface area contributed by atoms with Crippen molar-refractivity contribution in [2.75, 3.05) is 4.90 Å². The van der Waals surface area contributed by atoms with Gasteiger partial charge >= 0.3 is 5.97 Å². The minimum atomic E-state index is -0.586. The van der Waals surface area contributed by atoms with Gasteiger partial charge in [-0.25, -0.2) is 9.69 Å². The predicted molar refractivity (Wildman–Crippen MR) is 95.4 cm³/mol. The summed E-state index contributed by atoms with van der Waals surface area (Å²) in [5.74, 6) is -1.03. The number of amides is 2. The number of nitrogens with zero attached hydrogens (tertiary/aromatic N) is 1. The maximum Gasteiger partial charge on any atom is 0.343 e. The molecular formula is C21H13NO4. The lowest BCUT2D eigenvalue weighted by Gasteiger charge is -2.13. The number of rotatable bonds is 3. The summed E-state index contributed by atoms with van der Waals surface area (Å²) in [5, 5.41) is 0. The van der Waals surface area contributed by atoms with E-state index in [4.69, 9.17) is 4.74 Å². The van der Waals surface area contributed by atoms with Crippen LogP contribution in [-0.4, -0.2) is 17.8 Å². The fraction of sp³-hybridized carbons (Fsp3) is 0. The largest absolute Gasteiger partial charge is 0.423 e. The third-order valence-electron chi connectivity index (χ3n) is 4.09. The molecule has 0 fully saturated rings. The zero-order chi connectivity index (χ0) is 18.1. The number of esters is 1. The van der Waals surface area contributed by atoms with Crippen LogP contribution in [0.1, 0.15) is 31.1 Å². The first kappa shape index (κ1) is 15.8. The zero-order valence-electron chi connectivity index (χ0n) is 13.6. The van der Waals surface area contributed by atoms with Crippen molar-refractivity contribution in [3.63, 3.8) is 0 Å². The Morgan fingerprint density at radius 2 is 1.35 bits per heavy atom. The van der Waals surface area contributed by atoms with Crippen LogP contribution in [-0.2, 0) is 0 Å². The molecule has 0 spiro atoms. The van der Waals surface area contributed by atoms with Gasteiger partial charge in [-0.1, -0.05) is 36.4 Å². The minimum absolute atomic E-state index is 0.196. The number of benzene rings is 3. The van der Waals surface area contributed by atoms with Crippen LogP contribution in [0.4, 0.5) is 5.69 Å². The van der Waals surface area contributed by atoms with Gasteiger partial charge in [-0.15, -0.1) is 0 Å². The van der Waals surface area contributed by atoms with Gasteiger partial charge in [0, 0.05) is 0 Å². The van der Waals surface area contributed by atoms with Crippen molar-refractivity contribution in [1.82, 2.24) is 0 Å². The number of ether oxygens (including phenoxy) is 1. The lowest BCUT2D eigenvalue weighted by atomic mass is 10.1. The van der Waals surface area contributed by atoms with E-state index in [1.807, 2.05) is 6.07 Å². The molecule has 0 atom stereocenters. The molecule has 0 bridgehead atoms.